The van der Waals surface area contributed by atoms with Crippen molar-refractivity contribution in [1.82, 2.24) is 14.9 Å². The van der Waals surface area contributed by atoms with Crippen molar-refractivity contribution in [1.29, 1.82) is 0 Å². The van der Waals surface area contributed by atoms with E-state index in [1.54, 1.807) is 4.90 Å². The molecule has 3 rings (SSSR count). The maximum Gasteiger partial charge on any atom is 0.274 e. The first-order valence-corrected chi connectivity index (χ1v) is 6.22. The number of nitrogens with zero attached hydrogens (tertiary/aromatic N) is 2. The Balaban J connectivity index is 1.85. The molecule has 2 aliphatic rings. The number of aromatic amines is 1. The van der Waals surface area contributed by atoms with Gasteiger partial charge in [0.1, 0.15) is 18.2 Å². The Morgan fingerprint density at radius 3 is 3.00 bits per heavy atom. The normalized spacial score (nSPS) is 19.9. The molecular formula is C12H15N3O3. The molecule has 0 bridgehead atoms. The molecule has 0 unspecified atom stereocenters. The number of amides is 1. The van der Waals surface area contributed by atoms with Crippen LogP contribution >= 0.6 is 0 Å². The van der Waals surface area contributed by atoms with Gasteiger partial charge in [0.2, 0.25) is 0 Å². The molecule has 0 spiro atoms. The highest BCUT2D eigenvalue weighted by Gasteiger charge is 2.28. The van der Waals surface area contributed by atoms with E-state index in [0.29, 0.717) is 24.9 Å². The van der Waals surface area contributed by atoms with Crippen molar-refractivity contribution in [3.05, 3.63) is 27.9 Å². The van der Waals surface area contributed by atoms with Gasteiger partial charge in [-0.05, 0) is 19.3 Å². The Morgan fingerprint density at radius 2 is 2.33 bits per heavy atom. The third-order valence-corrected chi connectivity index (χ3v) is 3.19. The number of hydrogen-bond acceptors (Lipinski definition) is 4. The zero-order valence-corrected chi connectivity index (χ0v) is 10.0. The fourth-order valence-electron chi connectivity index (χ4n) is 2.06. The van der Waals surface area contributed by atoms with E-state index >= 15 is 0 Å². The number of nitrogens with one attached hydrogen (secondary N) is 1. The monoisotopic (exact) mass is 249 g/mol. The molecule has 6 nitrogen and oxygen atoms in total. The summed E-state index contributed by atoms with van der Waals surface area (Å²) in [6, 6.07) is 1.27. The Bertz CT molecular complexity index is 516. The molecule has 1 saturated carbocycles. The quantitative estimate of drug-likeness (QED) is 0.826. The van der Waals surface area contributed by atoms with Crippen molar-refractivity contribution in [3.8, 4) is 0 Å². The smallest absolute Gasteiger partial charge is 0.274 e. The molecule has 1 aliphatic heterocycles. The Labute approximate surface area is 104 Å². The van der Waals surface area contributed by atoms with E-state index in [2.05, 4.69) is 9.97 Å². The third kappa shape index (κ3) is 2.28. The molecule has 1 aliphatic carbocycles. The van der Waals surface area contributed by atoms with Crippen LogP contribution in [0.15, 0.2) is 10.9 Å². The van der Waals surface area contributed by atoms with Gasteiger partial charge in [-0.3, -0.25) is 9.59 Å². The summed E-state index contributed by atoms with van der Waals surface area (Å²) < 4.78 is 5.24. The zero-order chi connectivity index (χ0) is 12.5. The fraction of sp³-hybridized carbons (Fsp3) is 0.583. The van der Waals surface area contributed by atoms with Crippen LogP contribution in [-0.2, 0) is 4.74 Å². The van der Waals surface area contributed by atoms with Crippen LogP contribution in [0.4, 0.5) is 0 Å². The molecule has 0 radical (unpaired) electrons. The van der Waals surface area contributed by atoms with Gasteiger partial charge in [-0.15, -0.1) is 0 Å². The summed E-state index contributed by atoms with van der Waals surface area (Å²) >= 11 is 0. The lowest BCUT2D eigenvalue weighted by Crippen LogP contribution is -2.39. The standard InChI is InChI=1S/C12H15N3O3/c16-10-6-9(13-11(14-10)8-2-3-8)12(17)15-4-1-5-18-7-15/h6,8H,1-5,7H2,(H,13,14,16). The summed E-state index contributed by atoms with van der Waals surface area (Å²) in [6.45, 7) is 1.62. The first-order valence-electron chi connectivity index (χ1n) is 6.22. The van der Waals surface area contributed by atoms with Crippen LogP contribution in [-0.4, -0.2) is 40.7 Å². The third-order valence-electron chi connectivity index (χ3n) is 3.19. The van der Waals surface area contributed by atoms with Crippen LogP contribution in [0, 0.1) is 0 Å². The largest absolute Gasteiger partial charge is 0.361 e. The topological polar surface area (TPSA) is 75.3 Å². The van der Waals surface area contributed by atoms with Gasteiger partial charge in [0, 0.05) is 18.5 Å². The SMILES string of the molecule is O=C(c1cc(=O)[nH]c(C2CC2)n1)N1CCCOC1. The maximum atomic E-state index is 12.2. The number of ether oxygens (including phenoxy) is 1. The average molecular weight is 249 g/mol. The van der Waals surface area contributed by atoms with Gasteiger partial charge in [0.05, 0.1) is 6.61 Å². The summed E-state index contributed by atoms with van der Waals surface area (Å²) in [7, 11) is 0. The first-order chi connectivity index (χ1) is 8.74. The predicted molar refractivity (Wildman–Crippen MR) is 63.3 cm³/mol. The van der Waals surface area contributed by atoms with Gasteiger partial charge in [-0.25, -0.2) is 4.98 Å². The molecule has 6 heteroatoms. The van der Waals surface area contributed by atoms with Gasteiger partial charge < -0.3 is 14.6 Å². The van der Waals surface area contributed by atoms with Gasteiger partial charge >= 0.3 is 0 Å². The van der Waals surface area contributed by atoms with Crippen molar-refractivity contribution in [3.63, 3.8) is 0 Å². The number of carbonyl (C=O) groups is 1. The van der Waals surface area contributed by atoms with Crippen LogP contribution in [0.2, 0.25) is 0 Å². The summed E-state index contributed by atoms with van der Waals surface area (Å²) in [5, 5.41) is 0. The van der Waals surface area contributed by atoms with Crippen molar-refractivity contribution < 1.29 is 9.53 Å². The van der Waals surface area contributed by atoms with Crippen molar-refractivity contribution in [2.75, 3.05) is 19.9 Å². The lowest BCUT2D eigenvalue weighted by atomic mass is 10.3. The molecule has 1 saturated heterocycles. The molecule has 1 aromatic rings. The molecule has 1 aromatic heterocycles. The summed E-state index contributed by atoms with van der Waals surface area (Å²) in [5.74, 6) is 0.745. The molecular weight excluding hydrogens is 234 g/mol. The molecule has 18 heavy (non-hydrogen) atoms. The van der Waals surface area contributed by atoms with Crippen LogP contribution in [0.25, 0.3) is 0 Å². The second kappa shape index (κ2) is 4.53. The fourth-order valence-corrected chi connectivity index (χ4v) is 2.06. The van der Waals surface area contributed by atoms with E-state index in [-0.39, 0.29) is 23.9 Å². The minimum Gasteiger partial charge on any atom is -0.361 e. The maximum absolute atomic E-state index is 12.2. The zero-order valence-electron chi connectivity index (χ0n) is 10.0. The van der Waals surface area contributed by atoms with Crippen LogP contribution in [0.3, 0.4) is 0 Å². The second-order valence-corrected chi connectivity index (χ2v) is 4.75. The molecule has 0 aromatic carbocycles. The van der Waals surface area contributed by atoms with Gasteiger partial charge in [-0.1, -0.05) is 0 Å². The second-order valence-electron chi connectivity index (χ2n) is 4.75. The number of H-pyrrole nitrogens is 1. The lowest BCUT2D eigenvalue weighted by molar-refractivity contribution is -0.00607. The van der Waals surface area contributed by atoms with Gasteiger partial charge in [0.15, 0.2) is 0 Å². The number of aromatic nitrogens is 2. The van der Waals surface area contributed by atoms with Crippen LogP contribution in [0.5, 0.6) is 0 Å². The molecule has 1 N–H and O–H groups in total. The van der Waals surface area contributed by atoms with E-state index in [4.69, 9.17) is 4.74 Å². The lowest BCUT2D eigenvalue weighted by Gasteiger charge is -2.26. The number of carbonyl (C=O) groups excluding carboxylic acids is 1. The number of hydrogen-bond donors (Lipinski definition) is 1. The Morgan fingerprint density at radius 1 is 1.50 bits per heavy atom. The highest BCUT2D eigenvalue weighted by Crippen LogP contribution is 2.37. The molecule has 96 valence electrons. The number of rotatable bonds is 2. The Kier molecular flexibility index (Phi) is 2.87. The minimum atomic E-state index is -0.256. The van der Waals surface area contributed by atoms with Crippen molar-refractivity contribution in [2.45, 2.75) is 25.2 Å². The van der Waals surface area contributed by atoms with Crippen molar-refractivity contribution >= 4 is 5.91 Å². The first kappa shape index (κ1) is 11.4. The predicted octanol–water partition coefficient (Wildman–Crippen LogP) is 0.467. The van der Waals surface area contributed by atoms with Gasteiger partial charge in [0.25, 0.3) is 11.5 Å². The van der Waals surface area contributed by atoms with E-state index in [0.717, 1.165) is 19.3 Å². The van der Waals surface area contributed by atoms with E-state index < -0.39 is 0 Å². The highest BCUT2D eigenvalue weighted by atomic mass is 16.5. The summed E-state index contributed by atoms with van der Waals surface area (Å²) in [5.41, 5.74) is -0.0284. The Hall–Kier alpha value is -1.69. The molecule has 1 amide bonds. The molecule has 0 atom stereocenters. The van der Waals surface area contributed by atoms with Crippen molar-refractivity contribution in [2.24, 2.45) is 0 Å². The van der Waals surface area contributed by atoms with Gasteiger partial charge in [-0.2, -0.15) is 0 Å². The average Bonchev–Trinajstić information content (AvgIpc) is 3.22. The summed E-state index contributed by atoms with van der Waals surface area (Å²) in [4.78, 5) is 32.3. The molecule has 2 heterocycles. The highest BCUT2D eigenvalue weighted by molar-refractivity contribution is 5.92. The van der Waals surface area contributed by atoms with Crippen LogP contribution in [0.1, 0.15) is 41.5 Å². The molecule has 2 fully saturated rings. The minimum absolute atomic E-state index is 0.220. The van der Waals surface area contributed by atoms with E-state index in [1.165, 1.54) is 6.07 Å². The van der Waals surface area contributed by atoms with Crippen LogP contribution < -0.4 is 5.56 Å². The van der Waals surface area contributed by atoms with E-state index in [9.17, 15) is 9.59 Å². The van der Waals surface area contributed by atoms with E-state index in [1.807, 2.05) is 0 Å². The summed E-state index contributed by atoms with van der Waals surface area (Å²) in [6.07, 6.45) is 2.89.